The molecule has 9 heteroatoms. The van der Waals surface area contributed by atoms with Crippen molar-refractivity contribution in [2.75, 3.05) is 24.5 Å². The van der Waals surface area contributed by atoms with E-state index in [-0.39, 0.29) is 23.7 Å². The first-order chi connectivity index (χ1) is 14.4. The second-order valence-corrected chi connectivity index (χ2v) is 9.25. The van der Waals surface area contributed by atoms with Crippen LogP contribution < -0.4 is 10.5 Å². The highest BCUT2D eigenvalue weighted by molar-refractivity contribution is 8.26. The average Bonchev–Trinajstić information content (AvgIpc) is 2.97. The summed E-state index contributed by atoms with van der Waals surface area (Å²) in [6, 6.07) is 5.45. The highest BCUT2D eigenvalue weighted by Gasteiger charge is 2.33. The maximum atomic E-state index is 13.4. The third kappa shape index (κ3) is 3.89. The number of hydrogen-bond donors (Lipinski definition) is 0. The van der Waals surface area contributed by atoms with Crippen LogP contribution in [0.1, 0.15) is 32.8 Å². The van der Waals surface area contributed by atoms with E-state index in [4.69, 9.17) is 21.9 Å². The molecule has 0 bridgehead atoms. The molecule has 4 heterocycles. The lowest BCUT2D eigenvalue weighted by atomic mass is 10.2. The van der Waals surface area contributed by atoms with Crippen molar-refractivity contribution in [1.82, 2.24) is 14.3 Å². The number of hydrogen-bond acceptors (Lipinski definition) is 7. The molecule has 2 saturated heterocycles. The van der Waals surface area contributed by atoms with Gasteiger partial charge in [-0.3, -0.25) is 18.9 Å². The minimum atomic E-state index is -0.205. The third-order valence-corrected chi connectivity index (χ3v) is 6.44. The molecule has 1 amide bonds. The Morgan fingerprint density at radius 1 is 1.27 bits per heavy atom. The van der Waals surface area contributed by atoms with Crippen LogP contribution in [-0.2, 0) is 9.53 Å². The summed E-state index contributed by atoms with van der Waals surface area (Å²) in [6.07, 6.45) is 4.19. The van der Waals surface area contributed by atoms with Crippen LogP contribution in [0.25, 0.3) is 11.7 Å². The summed E-state index contributed by atoms with van der Waals surface area (Å²) in [6.45, 7) is 7.83. The van der Waals surface area contributed by atoms with Gasteiger partial charge in [0.25, 0.3) is 11.5 Å². The van der Waals surface area contributed by atoms with Crippen LogP contribution in [0.2, 0.25) is 0 Å². The first-order valence-electron chi connectivity index (χ1n) is 10.1. The quantitative estimate of drug-likeness (QED) is 0.531. The van der Waals surface area contributed by atoms with E-state index < -0.39 is 0 Å². The molecule has 0 saturated carbocycles. The summed E-state index contributed by atoms with van der Waals surface area (Å²) in [4.78, 5) is 35.2. The highest BCUT2D eigenvalue weighted by Crippen LogP contribution is 2.34. The van der Waals surface area contributed by atoms with Crippen LogP contribution in [0.5, 0.6) is 0 Å². The molecular formula is C21H24N4O3S2. The number of morpholine rings is 1. The van der Waals surface area contributed by atoms with Crippen molar-refractivity contribution < 1.29 is 9.53 Å². The molecule has 4 rings (SSSR count). The molecule has 2 atom stereocenters. The van der Waals surface area contributed by atoms with Gasteiger partial charge in [-0.2, -0.15) is 0 Å². The van der Waals surface area contributed by atoms with Crippen LogP contribution in [0.3, 0.4) is 0 Å². The maximum absolute atomic E-state index is 13.4. The molecule has 0 spiro atoms. The number of thiocarbonyl (C=S) groups is 1. The average molecular weight is 445 g/mol. The van der Waals surface area contributed by atoms with Crippen molar-refractivity contribution in [2.24, 2.45) is 0 Å². The molecule has 7 nitrogen and oxygen atoms in total. The Kier molecular flexibility index (Phi) is 5.95. The molecule has 2 aliphatic heterocycles. The van der Waals surface area contributed by atoms with Gasteiger partial charge in [0.15, 0.2) is 0 Å². The molecule has 2 aromatic rings. The van der Waals surface area contributed by atoms with Crippen LogP contribution in [0.15, 0.2) is 34.1 Å². The number of amides is 1. The van der Waals surface area contributed by atoms with Gasteiger partial charge in [0, 0.05) is 25.8 Å². The highest BCUT2D eigenvalue weighted by atomic mass is 32.2. The number of aromatic nitrogens is 2. The van der Waals surface area contributed by atoms with E-state index in [0.29, 0.717) is 45.9 Å². The van der Waals surface area contributed by atoms with Gasteiger partial charge in [-0.05, 0) is 38.5 Å². The molecular weight excluding hydrogens is 420 g/mol. The molecule has 2 aromatic heterocycles. The summed E-state index contributed by atoms with van der Waals surface area (Å²) < 4.78 is 7.89. The lowest BCUT2D eigenvalue weighted by molar-refractivity contribution is -0.122. The van der Waals surface area contributed by atoms with Crippen LogP contribution in [-0.4, -0.2) is 56.4 Å². The molecule has 0 aliphatic carbocycles. The van der Waals surface area contributed by atoms with E-state index in [0.717, 1.165) is 6.42 Å². The summed E-state index contributed by atoms with van der Waals surface area (Å²) in [5.74, 6) is 0.424. The fraction of sp³-hybridized carbons (Fsp3) is 0.429. The van der Waals surface area contributed by atoms with E-state index in [1.54, 1.807) is 23.2 Å². The van der Waals surface area contributed by atoms with Crippen LogP contribution >= 0.6 is 24.0 Å². The number of carbonyl (C=O) groups excluding carboxylic acids is 1. The number of nitrogens with zero attached hydrogens (tertiary/aromatic N) is 4. The number of rotatable bonds is 4. The smallest absolute Gasteiger partial charge is 0.267 e. The largest absolute Gasteiger partial charge is 0.372 e. The first-order valence-corrected chi connectivity index (χ1v) is 11.3. The SMILES string of the molecule is CCCN1C(=O)C(=Cc2c(N3CC(C)OC(C)C3)nc3ccccn3c2=O)SC1=S. The minimum absolute atomic E-state index is 0.0142. The van der Waals surface area contributed by atoms with Crippen LogP contribution in [0, 0.1) is 0 Å². The van der Waals surface area contributed by atoms with Gasteiger partial charge in [0.05, 0.1) is 22.7 Å². The zero-order valence-electron chi connectivity index (χ0n) is 17.2. The maximum Gasteiger partial charge on any atom is 0.267 e. The van der Waals surface area contributed by atoms with Gasteiger partial charge >= 0.3 is 0 Å². The normalized spacial score (nSPS) is 23.8. The standard InChI is InChI=1S/C21H24N4O3S2/c1-4-8-25-20(27)16(30-21(25)29)10-15-18(23-11-13(2)28-14(3)12-23)22-17-7-5-6-9-24(17)19(15)26/h5-7,9-10,13-14H,4,8,11-12H2,1-3H3. The number of fused-ring (bicyclic) bond motifs is 1. The molecule has 2 unspecified atom stereocenters. The predicted molar refractivity (Wildman–Crippen MR) is 124 cm³/mol. The molecule has 0 radical (unpaired) electrons. The van der Waals surface area contributed by atoms with E-state index in [2.05, 4.69) is 4.90 Å². The number of ether oxygens (including phenoxy) is 1. The fourth-order valence-electron chi connectivity index (χ4n) is 3.86. The van der Waals surface area contributed by atoms with Crippen molar-refractivity contribution in [3.8, 4) is 0 Å². The van der Waals surface area contributed by atoms with Crippen molar-refractivity contribution in [2.45, 2.75) is 39.4 Å². The summed E-state index contributed by atoms with van der Waals surface area (Å²) in [7, 11) is 0. The van der Waals surface area contributed by atoms with Gasteiger partial charge in [0.2, 0.25) is 0 Å². The second-order valence-electron chi connectivity index (χ2n) is 7.58. The van der Waals surface area contributed by atoms with Gasteiger partial charge in [-0.15, -0.1) is 0 Å². The summed E-state index contributed by atoms with van der Waals surface area (Å²) >= 11 is 6.61. The fourth-order valence-corrected chi connectivity index (χ4v) is 5.15. The Balaban J connectivity index is 1.86. The lowest BCUT2D eigenvalue weighted by Crippen LogP contribution is -2.46. The lowest BCUT2D eigenvalue weighted by Gasteiger charge is -2.36. The Labute approximate surface area is 184 Å². The van der Waals surface area contributed by atoms with Gasteiger partial charge < -0.3 is 9.64 Å². The molecule has 2 fully saturated rings. The van der Waals surface area contributed by atoms with Gasteiger partial charge in [-0.1, -0.05) is 37.0 Å². The van der Waals surface area contributed by atoms with E-state index in [1.807, 2.05) is 32.9 Å². The van der Waals surface area contributed by atoms with Crippen molar-refractivity contribution >= 4 is 51.7 Å². The number of thioether (sulfide) groups is 1. The topological polar surface area (TPSA) is 67.2 Å². The van der Waals surface area contributed by atoms with E-state index in [1.165, 1.54) is 16.2 Å². The van der Waals surface area contributed by atoms with Gasteiger partial charge in [-0.25, -0.2) is 4.98 Å². The molecule has 0 N–H and O–H groups in total. The Hall–Kier alpha value is -2.23. The van der Waals surface area contributed by atoms with Gasteiger partial charge in [0.1, 0.15) is 15.8 Å². The first kappa shape index (κ1) is 21.0. The Bertz CT molecular complexity index is 1090. The molecule has 158 valence electrons. The van der Waals surface area contributed by atoms with Crippen molar-refractivity contribution in [1.29, 1.82) is 0 Å². The monoisotopic (exact) mass is 444 g/mol. The summed E-state index contributed by atoms with van der Waals surface area (Å²) in [5, 5.41) is 0. The Morgan fingerprint density at radius 2 is 2.00 bits per heavy atom. The number of anilines is 1. The molecule has 30 heavy (non-hydrogen) atoms. The van der Waals surface area contributed by atoms with E-state index in [9.17, 15) is 9.59 Å². The van der Waals surface area contributed by atoms with Crippen LogP contribution in [0.4, 0.5) is 5.82 Å². The van der Waals surface area contributed by atoms with E-state index >= 15 is 0 Å². The zero-order chi connectivity index (χ0) is 21.4. The number of carbonyl (C=O) groups is 1. The third-order valence-electron chi connectivity index (χ3n) is 5.06. The predicted octanol–water partition coefficient (Wildman–Crippen LogP) is 2.92. The van der Waals surface area contributed by atoms with Crippen molar-refractivity contribution in [3.63, 3.8) is 0 Å². The Morgan fingerprint density at radius 3 is 2.70 bits per heavy atom. The minimum Gasteiger partial charge on any atom is -0.372 e. The zero-order valence-corrected chi connectivity index (χ0v) is 18.8. The molecule has 2 aliphatic rings. The summed E-state index contributed by atoms with van der Waals surface area (Å²) in [5.41, 5.74) is 0.764. The molecule has 0 aromatic carbocycles. The second kappa shape index (κ2) is 8.49. The van der Waals surface area contributed by atoms with Crippen molar-refractivity contribution in [3.05, 3.63) is 45.2 Å². The number of pyridine rings is 1.